The van der Waals surface area contributed by atoms with Crippen molar-refractivity contribution in [1.29, 1.82) is 0 Å². The van der Waals surface area contributed by atoms with Crippen molar-refractivity contribution in [3.8, 4) is 0 Å². The van der Waals surface area contributed by atoms with E-state index in [1.165, 1.54) is 14.2 Å². The Kier molecular flexibility index (Phi) is 7.85. The van der Waals surface area contributed by atoms with E-state index in [-0.39, 0.29) is 0 Å². The molecule has 0 amide bonds. The first-order valence-electron chi connectivity index (χ1n) is 5.09. The summed E-state index contributed by atoms with van der Waals surface area (Å²) in [6.45, 7) is 1.93. The summed E-state index contributed by atoms with van der Waals surface area (Å²) in [7, 11) is 2.50. The van der Waals surface area contributed by atoms with Crippen LogP contribution in [0, 0.1) is 5.92 Å². The molecule has 0 aromatic rings. The lowest BCUT2D eigenvalue weighted by molar-refractivity contribution is -0.158. The minimum absolute atomic E-state index is 0.302. The number of hydrogen-bond acceptors (Lipinski definition) is 4. The van der Waals surface area contributed by atoms with E-state index in [1.807, 2.05) is 25.2 Å². The number of carbonyl (C=O) groups is 2. The molecule has 0 saturated heterocycles. The van der Waals surface area contributed by atoms with Gasteiger partial charge in [0.15, 0.2) is 5.92 Å². The van der Waals surface area contributed by atoms with Gasteiger partial charge >= 0.3 is 11.9 Å². The average molecular weight is 226 g/mol. The van der Waals surface area contributed by atoms with Gasteiger partial charge in [-0.3, -0.25) is 9.59 Å². The molecule has 90 valence electrons. The smallest absolute Gasteiger partial charge is 0.320 e. The number of methoxy groups -OCH3 is 2. The van der Waals surface area contributed by atoms with Crippen LogP contribution in [0.15, 0.2) is 24.3 Å². The highest BCUT2D eigenvalue weighted by Gasteiger charge is 2.26. The van der Waals surface area contributed by atoms with Crippen LogP contribution in [0.25, 0.3) is 0 Å². The first-order chi connectivity index (χ1) is 7.67. The van der Waals surface area contributed by atoms with Crippen LogP contribution in [0.4, 0.5) is 0 Å². The molecule has 4 nitrogen and oxygen atoms in total. The van der Waals surface area contributed by atoms with Gasteiger partial charge in [-0.1, -0.05) is 24.3 Å². The molecule has 0 spiro atoms. The fraction of sp³-hybridized carbons (Fsp3) is 0.500. The summed E-state index contributed by atoms with van der Waals surface area (Å²) >= 11 is 0. The second kappa shape index (κ2) is 8.71. The monoisotopic (exact) mass is 226 g/mol. The maximum Gasteiger partial charge on any atom is 0.320 e. The predicted molar refractivity (Wildman–Crippen MR) is 60.7 cm³/mol. The fourth-order valence-electron chi connectivity index (χ4n) is 1.12. The first-order valence-corrected chi connectivity index (χ1v) is 5.09. The third-order valence-corrected chi connectivity index (χ3v) is 2.02. The summed E-state index contributed by atoms with van der Waals surface area (Å²) in [4.78, 5) is 22.5. The van der Waals surface area contributed by atoms with Crippen LogP contribution in [0.5, 0.6) is 0 Å². The van der Waals surface area contributed by atoms with Crippen molar-refractivity contribution in [3.63, 3.8) is 0 Å². The molecule has 0 aromatic carbocycles. The Bertz CT molecular complexity index is 263. The highest BCUT2D eigenvalue weighted by molar-refractivity contribution is 5.94. The van der Waals surface area contributed by atoms with Crippen molar-refractivity contribution >= 4 is 11.9 Å². The molecular weight excluding hydrogens is 208 g/mol. The van der Waals surface area contributed by atoms with Crippen molar-refractivity contribution in [2.75, 3.05) is 14.2 Å². The van der Waals surface area contributed by atoms with Gasteiger partial charge in [0.2, 0.25) is 0 Å². The van der Waals surface area contributed by atoms with Crippen LogP contribution in [-0.4, -0.2) is 26.2 Å². The maximum absolute atomic E-state index is 11.3. The van der Waals surface area contributed by atoms with Gasteiger partial charge in [0, 0.05) is 0 Å². The fourth-order valence-corrected chi connectivity index (χ4v) is 1.12. The lowest BCUT2D eigenvalue weighted by atomic mass is 10.1. The van der Waals surface area contributed by atoms with E-state index in [0.29, 0.717) is 6.42 Å². The van der Waals surface area contributed by atoms with Gasteiger partial charge in [0.1, 0.15) is 0 Å². The van der Waals surface area contributed by atoms with Gasteiger partial charge in [-0.05, 0) is 19.8 Å². The summed E-state index contributed by atoms with van der Waals surface area (Å²) in [6.07, 6.45) is 8.66. The van der Waals surface area contributed by atoms with E-state index < -0.39 is 17.9 Å². The first kappa shape index (κ1) is 14.4. The van der Waals surface area contributed by atoms with Crippen molar-refractivity contribution in [1.82, 2.24) is 0 Å². The lowest BCUT2D eigenvalue weighted by Crippen LogP contribution is -2.25. The number of carbonyl (C=O) groups excluding carboxylic acids is 2. The van der Waals surface area contributed by atoms with Crippen LogP contribution in [0.1, 0.15) is 19.8 Å². The zero-order valence-corrected chi connectivity index (χ0v) is 9.93. The molecule has 0 rings (SSSR count). The van der Waals surface area contributed by atoms with Gasteiger partial charge in [-0.2, -0.15) is 0 Å². The summed E-state index contributed by atoms with van der Waals surface area (Å²) in [5, 5.41) is 0. The quantitative estimate of drug-likeness (QED) is 0.394. The van der Waals surface area contributed by atoms with Crippen molar-refractivity contribution in [3.05, 3.63) is 24.3 Å². The summed E-state index contributed by atoms with van der Waals surface area (Å²) in [5.41, 5.74) is 0. The zero-order valence-electron chi connectivity index (χ0n) is 9.93. The van der Waals surface area contributed by atoms with Crippen molar-refractivity contribution in [2.24, 2.45) is 5.92 Å². The van der Waals surface area contributed by atoms with Crippen LogP contribution in [0.3, 0.4) is 0 Å². The van der Waals surface area contributed by atoms with Crippen molar-refractivity contribution in [2.45, 2.75) is 19.8 Å². The highest BCUT2D eigenvalue weighted by atomic mass is 16.5. The lowest BCUT2D eigenvalue weighted by Gasteiger charge is -2.09. The normalized spacial score (nSPS) is 11.2. The largest absolute Gasteiger partial charge is 0.468 e. The van der Waals surface area contributed by atoms with Crippen LogP contribution in [-0.2, 0) is 19.1 Å². The molecule has 0 aliphatic carbocycles. The number of esters is 2. The summed E-state index contributed by atoms with van der Waals surface area (Å²) < 4.78 is 9.05. The molecule has 0 aliphatic heterocycles. The Morgan fingerprint density at radius 3 is 2.06 bits per heavy atom. The van der Waals surface area contributed by atoms with Crippen LogP contribution >= 0.6 is 0 Å². The molecule has 0 saturated carbocycles. The third kappa shape index (κ3) is 5.34. The number of ether oxygens (including phenoxy) is 2. The van der Waals surface area contributed by atoms with Crippen LogP contribution in [0.2, 0.25) is 0 Å². The molecule has 0 aliphatic rings. The van der Waals surface area contributed by atoms with E-state index in [9.17, 15) is 9.59 Å². The minimum Gasteiger partial charge on any atom is -0.468 e. The van der Waals surface area contributed by atoms with Crippen LogP contribution < -0.4 is 0 Å². The summed E-state index contributed by atoms with van der Waals surface area (Å²) in [6, 6.07) is 0. The number of allylic oxidation sites excluding steroid dienone is 4. The molecule has 0 fully saturated rings. The SMILES string of the molecule is C/C=C/C/C=C/CC(C(=O)OC)C(=O)OC. The van der Waals surface area contributed by atoms with E-state index in [1.54, 1.807) is 6.08 Å². The average Bonchev–Trinajstić information content (AvgIpc) is 2.32. The Morgan fingerprint density at radius 1 is 1.06 bits per heavy atom. The molecule has 0 aromatic heterocycles. The van der Waals surface area contributed by atoms with Gasteiger partial charge in [-0.25, -0.2) is 0 Å². The maximum atomic E-state index is 11.3. The van der Waals surface area contributed by atoms with Gasteiger partial charge in [0.25, 0.3) is 0 Å². The molecule has 0 heterocycles. The molecule has 0 bridgehead atoms. The molecular formula is C12H18O4. The third-order valence-electron chi connectivity index (χ3n) is 2.02. The number of hydrogen-bond donors (Lipinski definition) is 0. The second-order valence-corrected chi connectivity index (χ2v) is 3.11. The Labute approximate surface area is 95.9 Å². The summed E-state index contributed by atoms with van der Waals surface area (Å²) in [5.74, 6) is -2.00. The van der Waals surface area contributed by atoms with E-state index >= 15 is 0 Å². The Morgan fingerprint density at radius 2 is 1.62 bits per heavy atom. The van der Waals surface area contributed by atoms with E-state index in [4.69, 9.17) is 0 Å². The Balaban J connectivity index is 4.27. The molecule has 0 radical (unpaired) electrons. The van der Waals surface area contributed by atoms with E-state index in [2.05, 4.69) is 9.47 Å². The molecule has 0 atom stereocenters. The minimum atomic E-state index is -0.864. The molecule has 16 heavy (non-hydrogen) atoms. The van der Waals surface area contributed by atoms with Crippen molar-refractivity contribution < 1.29 is 19.1 Å². The van der Waals surface area contributed by atoms with E-state index in [0.717, 1.165) is 6.42 Å². The predicted octanol–water partition coefficient (Wildman–Crippen LogP) is 1.86. The topological polar surface area (TPSA) is 52.6 Å². The Hall–Kier alpha value is -1.58. The zero-order chi connectivity index (χ0) is 12.4. The standard InChI is InChI=1S/C12H18O4/c1-4-5-6-7-8-9-10(11(13)15-2)12(14)16-3/h4-5,7-8,10H,6,9H2,1-3H3/b5-4+,8-7+. The second-order valence-electron chi connectivity index (χ2n) is 3.11. The number of rotatable bonds is 6. The van der Waals surface area contributed by atoms with Gasteiger partial charge in [-0.15, -0.1) is 0 Å². The highest BCUT2D eigenvalue weighted by Crippen LogP contribution is 2.09. The molecule has 0 N–H and O–H groups in total. The molecule has 0 unspecified atom stereocenters. The van der Waals surface area contributed by atoms with Gasteiger partial charge < -0.3 is 9.47 Å². The molecule has 4 heteroatoms. The van der Waals surface area contributed by atoms with Gasteiger partial charge in [0.05, 0.1) is 14.2 Å².